The summed E-state index contributed by atoms with van der Waals surface area (Å²) in [5.41, 5.74) is 5.80. The molecule has 2 unspecified atom stereocenters. The Hall–Kier alpha value is -5.37. The number of carbonyl (C=O) groups excluding carboxylic acids is 3. The maximum atomic E-state index is 14.1. The standard InChI is InChI=1S/C35H30N4O4/c1-43-26-11-7-10-24(20-26)32-31-28(27-12-5-6-13-29(27)37-31)21-30-34(41)38(35(42)39(30)32)25-16-14-23(15-17-25)33(40)36-19-18-22-8-3-2-4-9-22/h2-17,20,30,32,37H,18-19,21H2,1H3,(H,36,40). The number of methoxy groups -OCH3 is 1. The second kappa shape index (κ2) is 10.8. The minimum absolute atomic E-state index is 0.206. The zero-order chi connectivity index (χ0) is 29.5. The molecule has 0 bridgehead atoms. The Labute approximate surface area is 248 Å². The van der Waals surface area contributed by atoms with Gasteiger partial charge in [-0.05, 0) is 65.6 Å². The molecule has 0 spiro atoms. The largest absolute Gasteiger partial charge is 0.497 e. The van der Waals surface area contributed by atoms with E-state index >= 15 is 0 Å². The van der Waals surface area contributed by atoms with Gasteiger partial charge in [-0.15, -0.1) is 0 Å². The van der Waals surface area contributed by atoms with E-state index in [0.29, 0.717) is 30.0 Å². The van der Waals surface area contributed by atoms with Crippen molar-refractivity contribution in [3.8, 4) is 5.75 Å². The van der Waals surface area contributed by atoms with Crippen molar-refractivity contribution in [1.29, 1.82) is 0 Å². The Kier molecular flexibility index (Phi) is 6.66. The van der Waals surface area contributed by atoms with Crippen LogP contribution in [0, 0.1) is 0 Å². The van der Waals surface area contributed by atoms with E-state index in [2.05, 4.69) is 10.3 Å². The first-order chi connectivity index (χ1) is 21.0. The van der Waals surface area contributed by atoms with Gasteiger partial charge in [0.1, 0.15) is 17.8 Å². The van der Waals surface area contributed by atoms with Gasteiger partial charge in [-0.2, -0.15) is 0 Å². The molecule has 2 aliphatic rings. The number of nitrogens with zero attached hydrogens (tertiary/aromatic N) is 2. The molecule has 214 valence electrons. The summed E-state index contributed by atoms with van der Waals surface area (Å²) < 4.78 is 5.50. The number of ether oxygens (including phenoxy) is 1. The van der Waals surface area contributed by atoms with Crippen LogP contribution in [0.3, 0.4) is 0 Å². The predicted octanol–water partition coefficient (Wildman–Crippen LogP) is 5.63. The first kappa shape index (κ1) is 26.5. The van der Waals surface area contributed by atoms with Crippen LogP contribution in [0.25, 0.3) is 10.9 Å². The lowest BCUT2D eigenvalue weighted by Crippen LogP contribution is -2.44. The Bertz CT molecular complexity index is 1850. The zero-order valence-corrected chi connectivity index (χ0v) is 23.6. The van der Waals surface area contributed by atoms with Gasteiger partial charge in [0.2, 0.25) is 0 Å². The van der Waals surface area contributed by atoms with Crippen molar-refractivity contribution >= 4 is 34.4 Å². The summed E-state index contributed by atoms with van der Waals surface area (Å²) in [6, 6.07) is 30.6. The molecule has 4 amide bonds. The van der Waals surface area contributed by atoms with Crippen molar-refractivity contribution in [1.82, 2.24) is 15.2 Å². The quantitative estimate of drug-likeness (QED) is 0.248. The van der Waals surface area contributed by atoms with Crippen molar-refractivity contribution in [2.45, 2.75) is 24.9 Å². The monoisotopic (exact) mass is 570 g/mol. The fourth-order valence-corrected chi connectivity index (χ4v) is 6.30. The number of para-hydroxylation sites is 1. The highest BCUT2D eigenvalue weighted by Gasteiger charge is 2.53. The molecule has 43 heavy (non-hydrogen) atoms. The van der Waals surface area contributed by atoms with Gasteiger partial charge in [0.15, 0.2) is 0 Å². The van der Waals surface area contributed by atoms with Crippen LogP contribution in [-0.4, -0.2) is 47.4 Å². The minimum atomic E-state index is -0.670. The molecule has 3 heterocycles. The number of aromatic amines is 1. The second-order valence-corrected chi connectivity index (χ2v) is 10.9. The molecule has 8 nitrogen and oxygen atoms in total. The van der Waals surface area contributed by atoms with Crippen molar-refractivity contribution in [2.75, 3.05) is 18.6 Å². The van der Waals surface area contributed by atoms with E-state index in [1.54, 1.807) is 36.3 Å². The molecule has 4 aromatic carbocycles. The smallest absolute Gasteiger partial charge is 0.332 e. The van der Waals surface area contributed by atoms with Crippen molar-refractivity contribution in [3.63, 3.8) is 0 Å². The van der Waals surface area contributed by atoms with Gasteiger partial charge in [-0.1, -0.05) is 60.7 Å². The summed E-state index contributed by atoms with van der Waals surface area (Å²) in [6.07, 6.45) is 1.13. The third-order valence-corrected chi connectivity index (χ3v) is 8.39. The Morgan fingerprint density at radius 2 is 1.70 bits per heavy atom. The molecular formula is C35H30N4O4. The molecule has 7 rings (SSSR count). The highest BCUT2D eigenvalue weighted by Crippen LogP contribution is 2.45. The van der Waals surface area contributed by atoms with Gasteiger partial charge in [0.05, 0.1) is 12.8 Å². The van der Waals surface area contributed by atoms with E-state index in [-0.39, 0.29) is 11.8 Å². The molecule has 1 saturated heterocycles. The van der Waals surface area contributed by atoms with E-state index < -0.39 is 18.1 Å². The molecule has 1 aromatic heterocycles. The highest BCUT2D eigenvalue weighted by molar-refractivity contribution is 6.22. The third kappa shape index (κ3) is 4.61. The topological polar surface area (TPSA) is 94.7 Å². The van der Waals surface area contributed by atoms with Crippen LogP contribution in [0.15, 0.2) is 103 Å². The Balaban J connectivity index is 1.18. The molecular weight excluding hydrogens is 540 g/mol. The number of imide groups is 1. The van der Waals surface area contributed by atoms with Crippen LogP contribution in [0.2, 0.25) is 0 Å². The molecule has 5 aromatic rings. The number of aromatic nitrogens is 1. The van der Waals surface area contributed by atoms with Crippen molar-refractivity contribution in [3.05, 3.63) is 131 Å². The van der Waals surface area contributed by atoms with Gasteiger partial charge in [-0.3, -0.25) is 14.5 Å². The number of rotatable bonds is 7. The summed E-state index contributed by atoms with van der Waals surface area (Å²) in [6.45, 7) is 0.505. The number of benzene rings is 4. The number of urea groups is 1. The SMILES string of the molecule is COc1cccc(C2c3[nH]c4ccccc4c3CC3C(=O)N(c4ccc(C(=O)NCCc5ccccc5)cc4)C(=O)N32)c1. The summed E-state index contributed by atoms with van der Waals surface area (Å²) >= 11 is 0. The van der Waals surface area contributed by atoms with E-state index in [1.807, 2.05) is 78.9 Å². The maximum absolute atomic E-state index is 14.1. The van der Waals surface area contributed by atoms with Gasteiger partial charge >= 0.3 is 6.03 Å². The first-order valence-corrected chi connectivity index (χ1v) is 14.4. The van der Waals surface area contributed by atoms with Crippen molar-refractivity contribution < 1.29 is 19.1 Å². The van der Waals surface area contributed by atoms with Crippen molar-refractivity contribution in [2.24, 2.45) is 0 Å². The summed E-state index contributed by atoms with van der Waals surface area (Å²) in [7, 11) is 1.61. The predicted molar refractivity (Wildman–Crippen MR) is 164 cm³/mol. The zero-order valence-electron chi connectivity index (χ0n) is 23.6. The Morgan fingerprint density at radius 1 is 0.930 bits per heavy atom. The summed E-state index contributed by atoms with van der Waals surface area (Å²) in [4.78, 5) is 47.3. The number of hydrogen-bond acceptors (Lipinski definition) is 4. The van der Waals surface area contributed by atoms with Crippen LogP contribution >= 0.6 is 0 Å². The number of anilines is 1. The van der Waals surface area contributed by atoms with Gasteiger partial charge in [0.25, 0.3) is 11.8 Å². The number of H-pyrrole nitrogens is 1. The van der Waals surface area contributed by atoms with Crippen LogP contribution in [-0.2, 0) is 17.6 Å². The molecule has 2 N–H and O–H groups in total. The lowest BCUT2D eigenvalue weighted by Gasteiger charge is -2.36. The molecule has 0 radical (unpaired) electrons. The third-order valence-electron chi connectivity index (χ3n) is 8.39. The lowest BCUT2D eigenvalue weighted by atomic mass is 9.89. The number of amides is 4. The molecule has 2 aliphatic heterocycles. The first-order valence-electron chi connectivity index (χ1n) is 14.4. The fraction of sp³-hybridized carbons (Fsp3) is 0.171. The number of fused-ring (bicyclic) bond motifs is 4. The fourth-order valence-electron chi connectivity index (χ4n) is 6.30. The second-order valence-electron chi connectivity index (χ2n) is 10.9. The minimum Gasteiger partial charge on any atom is -0.497 e. The number of nitrogens with one attached hydrogen (secondary N) is 2. The van der Waals surface area contributed by atoms with Crippen LogP contribution in [0.5, 0.6) is 5.75 Å². The average molecular weight is 571 g/mol. The lowest BCUT2D eigenvalue weighted by molar-refractivity contribution is -0.120. The van der Waals surface area contributed by atoms with E-state index in [9.17, 15) is 14.4 Å². The van der Waals surface area contributed by atoms with Crippen LogP contribution < -0.4 is 15.0 Å². The number of carbonyl (C=O) groups is 3. The summed E-state index contributed by atoms with van der Waals surface area (Å²) in [5.74, 6) is 0.182. The van der Waals surface area contributed by atoms with Gasteiger partial charge in [-0.25, -0.2) is 9.69 Å². The normalized spacial score (nSPS) is 17.6. The van der Waals surface area contributed by atoms with Crippen LogP contribution in [0.4, 0.5) is 10.5 Å². The highest BCUT2D eigenvalue weighted by atomic mass is 16.5. The Morgan fingerprint density at radius 3 is 2.49 bits per heavy atom. The average Bonchev–Trinajstić information content (AvgIpc) is 3.54. The molecule has 2 atom stereocenters. The molecule has 0 saturated carbocycles. The van der Waals surface area contributed by atoms with E-state index in [0.717, 1.165) is 39.7 Å². The molecule has 1 fully saturated rings. The van der Waals surface area contributed by atoms with Crippen LogP contribution in [0.1, 0.15) is 38.8 Å². The summed E-state index contributed by atoms with van der Waals surface area (Å²) in [5, 5.41) is 3.99. The van der Waals surface area contributed by atoms with Gasteiger partial charge < -0.3 is 15.0 Å². The van der Waals surface area contributed by atoms with E-state index in [4.69, 9.17) is 4.74 Å². The number of hydrogen-bond donors (Lipinski definition) is 2. The molecule has 8 heteroatoms. The molecule has 0 aliphatic carbocycles. The van der Waals surface area contributed by atoms with Gasteiger partial charge in [0, 0.05) is 35.1 Å². The maximum Gasteiger partial charge on any atom is 0.332 e. The van der Waals surface area contributed by atoms with E-state index in [1.165, 1.54) is 4.90 Å².